The van der Waals surface area contributed by atoms with Gasteiger partial charge in [-0.05, 0) is 57.4 Å². The Kier molecular flexibility index (Phi) is 8.20. The number of aliphatic hydroxyl groups is 1. The number of carbonyl (C=O) groups is 4. The second kappa shape index (κ2) is 11.5. The minimum Gasteiger partial charge on any atom is -0.482 e. The minimum absolute atomic E-state index is 0.0436. The van der Waals surface area contributed by atoms with Gasteiger partial charge in [-0.1, -0.05) is 48.5 Å². The van der Waals surface area contributed by atoms with Crippen LogP contribution >= 0.6 is 0 Å². The number of ether oxygens (including phenoxy) is 5. The van der Waals surface area contributed by atoms with Gasteiger partial charge in [-0.3, -0.25) is 14.4 Å². The van der Waals surface area contributed by atoms with E-state index >= 15 is 0 Å². The molecule has 2 bridgehead atoms. The highest BCUT2D eigenvalue weighted by atomic mass is 16.6. The highest BCUT2D eigenvalue weighted by Crippen LogP contribution is 2.67. The predicted molar refractivity (Wildman–Crippen MR) is 157 cm³/mol. The van der Waals surface area contributed by atoms with Crippen LogP contribution in [0.2, 0.25) is 0 Å². The number of hydrogen-bond acceptors (Lipinski definition) is 10. The van der Waals surface area contributed by atoms with Crippen molar-refractivity contribution in [2.24, 2.45) is 11.3 Å². The Labute approximate surface area is 256 Å². The first-order valence-corrected chi connectivity index (χ1v) is 14.7. The molecule has 44 heavy (non-hydrogen) atoms. The van der Waals surface area contributed by atoms with Gasteiger partial charge in [0, 0.05) is 19.9 Å². The van der Waals surface area contributed by atoms with Gasteiger partial charge in [-0.15, -0.1) is 0 Å². The van der Waals surface area contributed by atoms with E-state index in [1.807, 2.05) is 30.3 Å². The molecule has 7 atom stereocenters. The van der Waals surface area contributed by atoms with Gasteiger partial charge in [0.15, 0.2) is 17.5 Å². The number of benzene rings is 2. The molecule has 3 fully saturated rings. The van der Waals surface area contributed by atoms with E-state index in [4.69, 9.17) is 23.7 Å². The molecule has 234 valence electrons. The minimum atomic E-state index is -1.91. The highest BCUT2D eigenvalue weighted by molar-refractivity contribution is 5.92. The number of ketones is 1. The Balaban J connectivity index is 1.72. The van der Waals surface area contributed by atoms with Crippen molar-refractivity contribution < 1.29 is 48.0 Å². The summed E-state index contributed by atoms with van der Waals surface area (Å²) in [7, 11) is 0. The Bertz CT molecular complexity index is 1450. The third-order valence-corrected chi connectivity index (χ3v) is 9.14. The Morgan fingerprint density at radius 3 is 2.20 bits per heavy atom. The fourth-order valence-electron chi connectivity index (χ4n) is 7.48. The van der Waals surface area contributed by atoms with E-state index in [0.717, 1.165) is 5.56 Å². The summed E-state index contributed by atoms with van der Waals surface area (Å²) < 4.78 is 30.9. The molecule has 1 N–H and O–H groups in total. The van der Waals surface area contributed by atoms with Crippen LogP contribution in [0.4, 0.5) is 0 Å². The third-order valence-electron chi connectivity index (χ3n) is 9.14. The molecule has 1 saturated heterocycles. The van der Waals surface area contributed by atoms with Gasteiger partial charge < -0.3 is 28.8 Å². The molecule has 1 heterocycles. The fourth-order valence-corrected chi connectivity index (χ4v) is 7.48. The number of para-hydroxylation sites is 1. The molecule has 5 rings (SSSR count). The zero-order chi connectivity index (χ0) is 31.9. The molecule has 3 aliphatic rings. The Morgan fingerprint density at radius 2 is 1.59 bits per heavy atom. The van der Waals surface area contributed by atoms with Crippen LogP contribution in [0.25, 0.3) is 6.08 Å². The average molecular weight is 607 g/mol. The molecule has 10 nitrogen and oxygen atoms in total. The van der Waals surface area contributed by atoms with Gasteiger partial charge in [0.1, 0.15) is 30.0 Å². The fraction of sp³-hybridized carbons (Fsp3) is 0.471. The van der Waals surface area contributed by atoms with Crippen LogP contribution in [0.15, 0.2) is 66.7 Å². The van der Waals surface area contributed by atoms with Crippen molar-refractivity contribution in [2.45, 2.75) is 82.6 Å². The monoisotopic (exact) mass is 606 g/mol. The van der Waals surface area contributed by atoms with Crippen LogP contribution in [0.3, 0.4) is 0 Å². The molecule has 2 saturated carbocycles. The smallest absolute Gasteiger partial charge is 0.331 e. The summed E-state index contributed by atoms with van der Waals surface area (Å²) in [5, 5.41) is 12.3. The summed E-state index contributed by atoms with van der Waals surface area (Å²) >= 11 is 0. The van der Waals surface area contributed by atoms with Crippen molar-refractivity contribution in [3.8, 4) is 5.75 Å². The van der Waals surface area contributed by atoms with E-state index in [9.17, 15) is 24.3 Å². The molecule has 2 aliphatic carbocycles. The van der Waals surface area contributed by atoms with Crippen LogP contribution in [-0.2, 0) is 38.1 Å². The normalized spacial score (nSPS) is 33.7. The molecular weight excluding hydrogens is 568 g/mol. The van der Waals surface area contributed by atoms with E-state index < -0.39 is 76.7 Å². The van der Waals surface area contributed by atoms with Crippen molar-refractivity contribution in [3.05, 3.63) is 72.3 Å². The first-order chi connectivity index (χ1) is 20.7. The van der Waals surface area contributed by atoms with Gasteiger partial charge in [-0.25, -0.2) is 4.79 Å². The van der Waals surface area contributed by atoms with Crippen LogP contribution in [0.1, 0.15) is 53.0 Å². The number of esters is 3. The number of rotatable bonds is 8. The summed E-state index contributed by atoms with van der Waals surface area (Å²) in [6.07, 6.45) is -0.979. The quantitative estimate of drug-likeness (QED) is 0.268. The second-order valence-electron chi connectivity index (χ2n) is 12.5. The molecule has 1 aliphatic heterocycles. The van der Waals surface area contributed by atoms with Crippen molar-refractivity contribution in [1.82, 2.24) is 0 Å². The first-order valence-electron chi connectivity index (χ1n) is 14.7. The molecule has 0 unspecified atom stereocenters. The molecule has 0 amide bonds. The Morgan fingerprint density at radius 1 is 0.955 bits per heavy atom. The maximum absolute atomic E-state index is 14.7. The number of hydrogen-bond donors (Lipinski definition) is 1. The molecule has 10 heteroatoms. The summed E-state index contributed by atoms with van der Waals surface area (Å²) in [5.41, 5.74) is -6.03. The predicted octanol–water partition coefficient (Wildman–Crippen LogP) is 3.83. The van der Waals surface area contributed by atoms with E-state index in [1.165, 1.54) is 26.8 Å². The Hall–Kier alpha value is -4.02. The number of fused-ring (bicyclic) bond motifs is 1. The lowest BCUT2D eigenvalue weighted by molar-refractivity contribution is -0.333. The van der Waals surface area contributed by atoms with E-state index in [2.05, 4.69) is 0 Å². The first kappa shape index (κ1) is 31.4. The number of Topliss-reactive ketones (excluding diaryl/α,β-unsaturated/α-hetero) is 1. The summed E-state index contributed by atoms with van der Waals surface area (Å²) in [6, 6.07) is 17.7. The summed E-state index contributed by atoms with van der Waals surface area (Å²) in [5.74, 6) is -3.34. The maximum atomic E-state index is 14.7. The standard InChI is InChI=1S/C34H38O10/c1-21(35)40-20-33-25(43-26(37)17-16-23-12-8-6-9-13-23)18-19-32(5,39)34(33)29(41-22(2)36)27(31(3,4)44-34)28(38)30(33)42-24-14-10-7-11-15-24/h6-17,25,27,29-30,39H,18-20H2,1-5H3/b17-16-/t25-,27+,29+,30+,32-,33-,34-/m0/s1. The van der Waals surface area contributed by atoms with E-state index in [0.29, 0.717) is 5.75 Å². The van der Waals surface area contributed by atoms with Crippen molar-refractivity contribution in [3.63, 3.8) is 0 Å². The van der Waals surface area contributed by atoms with Crippen LogP contribution in [0.5, 0.6) is 5.75 Å². The van der Waals surface area contributed by atoms with E-state index in [-0.39, 0.29) is 12.8 Å². The van der Waals surface area contributed by atoms with E-state index in [1.54, 1.807) is 50.3 Å². The lowest BCUT2D eigenvalue weighted by atomic mass is 9.46. The molecule has 2 aromatic rings. The maximum Gasteiger partial charge on any atom is 0.331 e. The molecule has 1 spiro atoms. The largest absolute Gasteiger partial charge is 0.482 e. The third kappa shape index (κ3) is 5.09. The lowest BCUT2D eigenvalue weighted by Crippen LogP contribution is -2.83. The molecular formula is C34H38O10. The van der Waals surface area contributed by atoms with Gasteiger partial charge in [0.05, 0.1) is 17.1 Å². The van der Waals surface area contributed by atoms with Crippen LogP contribution in [-0.4, -0.2) is 70.5 Å². The zero-order valence-corrected chi connectivity index (χ0v) is 25.5. The van der Waals surface area contributed by atoms with Crippen molar-refractivity contribution in [1.29, 1.82) is 0 Å². The number of carbonyl (C=O) groups excluding carboxylic acids is 4. The SMILES string of the molecule is CC(=O)OC[C@@]12[C@@H](OC(=O)/C=C\c3ccccc3)CC[C@](C)(O)[C@]13OC(C)(C)[C@H](C(=O)[C@H]2Oc1ccccc1)[C@H]3OC(C)=O. The highest BCUT2D eigenvalue weighted by Gasteiger charge is 2.87. The lowest BCUT2D eigenvalue weighted by Gasteiger charge is -2.64. The second-order valence-corrected chi connectivity index (χ2v) is 12.5. The van der Waals surface area contributed by atoms with Gasteiger partial charge in [-0.2, -0.15) is 0 Å². The topological polar surface area (TPSA) is 135 Å². The van der Waals surface area contributed by atoms with Crippen LogP contribution in [0, 0.1) is 11.3 Å². The summed E-state index contributed by atoms with van der Waals surface area (Å²) in [6.45, 7) is 6.76. The molecule has 0 aromatic heterocycles. The zero-order valence-electron chi connectivity index (χ0n) is 25.5. The van der Waals surface area contributed by atoms with Crippen molar-refractivity contribution >= 4 is 29.8 Å². The molecule has 2 aromatic carbocycles. The van der Waals surface area contributed by atoms with Crippen LogP contribution < -0.4 is 4.74 Å². The summed E-state index contributed by atoms with van der Waals surface area (Å²) in [4.78, 5) is 53.0. The van der Waals surface area contributed by atoms with Gasteiger partial charge in [0.25, 0.3) is 0 Å². The van der Waals surface area contributed by atoms with Gasteiger partial charge in [0.2, 0.25) is 0 Å². The average Bonchev–Trinajstić information content (AvgIpc) is 3.17. The van der Waals surface area contributed by atoms with Crippen molar-refractivity contribution in [2.75, 3.05) is 6.61 Å². The molecule has 0 radical (unpaired) electrons. The van der Waals surface area contributed by atoms with Gasteiger partial charge >= 0.3 is 17.9 Å².